The maximum Gasteiger partial charge on any atom is 0.269 e. The normalized spacial score (nSPS) is 10.9. The summed E-state index contributed by atoms with van der Waals surface area (Å²) in [5.41, 5.74) is 7.25. The van der Waals surface area contributed by atoms with Gasteiger partial charge in [-0.3, -0.25) is 10.1 Å². The Hall–Kier alpha value is -3.17. The number of nitrogens with zero attached hydrogens (tertiary/aromatic N) is 2. The minimum Gasteiger partial charge on any atom is -0.492 e. The summed E-state index contributed by atoms with van der Waals surface area (Å²) in [4.78, 5) is 10.2. The van der Waals surface area contributed by atoms with E-state index in [2.05, 4.69) is 6.07 Å². The van der Waals surface area contributed by atoms with Gasteiger partial charge in [0.05, 0.1) is 16.6 Å². The first-order valence-electron chi connectivity index (χ1n) is 6.93. The van der Waals surface area contributed by atoms with E-state index in [1.807, 2.05) is 12.1 Å². The minimum absolute atomic E-state index is 0.00700. The van der Waals surface area contributed by atoms with Gasteiger partial charge in [-0.1, -0.05) is 12.1 Å². The van der Waals surface area contributed by atoms with Crippen molar-refractivity contribution < 1.29 is 9.66 Å². The zero-order chi connectivity index (χ0) is 16.7. The summed E-state index contributed by atoms with van der Waals surface area (Å²) in [6, 6.07) is 15.2. The second kappa shape index (κ2) is 7.73. The van der Waals surface area contributed by atoms with Crippen LogP contribution in [0.25, 0.3) is 11.6 Å². The Labute approximate surface area is 133 Å². The van der Waals surface area contributed by atoms with Gasteiger partial charge in [0.25, 0.3) is 5.69 Å². The number of rotatable bonds is 6. The lowest BCUT2D eigenvalue weighted by atomic mass is 10.0. The van der Waals surface area contributed by atoms with Crippen LogP contribution in [0.4, 0.5) is 5.69 Å². The standard InChI is InChI=1S/C17H15N3O3/c18-9-10-23-17-7-1-13(2-8-17)11-15(12-19)14-3-5-16(6-4-14)20(21)22/h1-8,11H,9-10,18H2/b15-11+. The molecule has 0 unspecified atom stereocenters. The number of non-ortho nitro benzene ring substituents is 1. The van der Waals surface area contributed by atoms with Crippen LogP contribution in [0.15, 0.2) is 48.5 Å². The second-order valence-electron chi connectivity index (χ2n) is 4.68. The lowest BCUT2D eigenvalue weighted by molar-refractivity contribution is -0.384. The molecular formula is C17H15N3O3. The highest BCUT2D eigenvalue weighted by molar-refractivity contribution is 5.89. The van der Waals surface area contributed by atoms with Gasteiger partial charge in [-0.05, 0) is 41.5 Å². The first-order chi connectivity index (χ1) is 11.1. The average molecular weight is 309 g/mol. The van der Waals surface area contributed by atoms with Crippen molar-refractivity contribution in [1.82, 2.24) is 0 Å². The van der Waals surface area contributed by atoms with E-state index in [1.54, 1.807) is 30.3 Å². The van der Waals surface area contributed by atoms with E-state index in [-0.39, 0.29) is 5.69 Å². The third-order valence-corrected chi connectivity index (χ3v) is 3.09. The van der Waals surface area contributed by atoms with Crippen molar-refractivity contribution in [2.75, 3.05) is 13.2 Å². The molecule has 0 aromatic heterocycles. The molecule has 0 heterocycles. The number of allylic oxidation sites excluding steroid dienone is 1. The molecule has 2 aromatic rings. The topological polar surface area (TPSA) is 102 Å². The molecule has 0 saturated heterocycles. The SMILES string of the molecule is N#C/C(=C\c1ccc(OCCN)cc1)c1ccc([N+](=O)[O-])cc1. The van der Waals surface area contributed by atoms with Crippen molar-refractivity contribution in [2.45, 2.75) is 0 Å². The molecule has 2 rings (SSSR count). The summed E-state index contributed by atoms with van der Waals surface area (Å²) in [6.45, 7) is 0.891. The molecule has 0 aliphatic heterocycles. The highest BCUT2D eigenvalue weighted by Gasteiger charge is 2.07. The number of nitrogens with two attached hydrogens (primary N) is 1. The molecule has 0 atom stereocenters. The van der Waals surface area contributed by atoms with Crippen molar-refractivity contribution in [1.29, 1.82) is 5.26 Å². The summed E-state index contributed by atoms with van der Waals surface area (Å²) in [7, 11) is 0. The number of benzene rings is 2. The number of ether oxygens (including phenoxy) is 1. The molecule has 0 spiro atoms. The van der Waals surface area contributed by atoms with Gasteiger partial charge in [-0.2, -0.15) is 5.26 Å². The molecule has 0 aliphatic rings. The zero-order valence-electron chi connectivity index (χ0n) is 12.3. The Balaban J connectivity index is 2.21. The molecule has 0 amide bonds. The Kier molecular flexibility index (Phi) is 5.45. The van der Waals surface area contributed by atoms with Crippen LogP contribution in [-0.2, 0) is 0 Å². The Morgan fingerprint density at radius 1 is 1.22 bits per heavy atom. The predicted octanol–water partition coefficient (Wildman–Crippen LogP) is 3.00. The van der Waals surface area contributed by atoms with Crippen LogP contribution in [0.2, 0.25) is 0 Å². The molecule has 6 heteroatoms. The van der Waals surface area contributed by atoms with E-state index >= 15 is 0 Å². The van der Waals surface area contributed by atoms with E-state index in [9.17, 15) is 15.4 Å². The summed E-state index contributed by atoms with van der Waals surface area (Å²) in [5.74, 6) is 0.710. The van der Waals surface area contributed by atoms with Gasteiger partial charge >= 0.3 is 0 Å². The van der Waals surface area contributed by atoms with E-state index in [4.69, 9.17) is 10.5 Å². The number of nitriles is 1. The van der Waals surface area contributed by atoms with Crippen LogP contribution in [0, 0.1) is 21.4 Å². The molecule has 2 N–H and O–H groups in total. The molecule has 116 valence electrons. The summed E-state index contributed by atoms with van der Waals surface area (Å²) >= 11 is 0. The van der Waals surface area contributed by atoms with Crippen LogP contribution in [-0.4, -0.2) is 18.1 Å². The number of nitro groups is 1. The maximum atomic E-state index is 10.7. The van der Waals surface area contributed by atoms with Crippen LogP contribution in [0.3, 0.4) is 0 Å². The third kappa shape index (κ3) is 4.40. The Bertz CT molecular complexity index is 744. The number of nitro benzene ring substituents is 1. The van der Waals surface area contributed by atoms with Gasteiger partial charge in [0, 0.05) is 18.7 Å². The first-order valence-corrected chi connectivity index (χ1v) is 6.93. The van der Waals surface area contributed by atoms with Gasteiger partial charge in [0.1, 0.15) is 12.4 Å². The quantitative estimate of drug-likeness (QED) is 0.382. The fourth-order valence-corrected chi connectivity index (χ4v) is 1.95. The smallest absolute Gasteiger partial charge is 0.269 e. The van der Waals surface area contributed by atoms with Gasteiger partial charge in [-0.25, -0.2) is 0 Å². The van der Waals surface area contributed by atoms with Crippen LogP contribution < -0.4 is 10.5 Å². The third-order valence-electron chi connectivity index (χ3n) is 3.09. The lowest BCUT2D eigenvalue weighted by Gasteiger charge is -2.04. The van der Waals surface area contributed by atoms with E-state index in [1.165, 1.54) is 12.1 Å². The highest BCUT2D eigenvalue weighted by Crippen LogP contribution is 2.22. The second-order valence-corrected chi connectivity index (χ2v) is 4.68. The molecule has 2 aromatic carbocycles. The van der Waals surface area contributed by atoms with Gasteiger partial charge in [0.15, 0.2) is 0 Å². The molecule has 0 bridgehead atoms. The lowest BCUT2D eigenvalue weighted by Crippen LogP contribution is -2.10. The van der Waals surface area contributed by atoms with Crippen molar-refractivity contribution in [3.63, 3.8) is 0 Å². The molecular weight excluding hydrogens is 294 g/mol. The van der Waals surface area contributed by atoms with Crippen LogP contribution in [0.1, 0.15) is 11.1 Å². The predicted molar refractivity (Wildman–Crippen MR) is 87.6 cm³/mol. The molecule has 23 heavy (non-hydrogen) atoms. The van der Waals surface area contributed by atoms with E-state index in [0.717, 1.165) is 5.56 Å². The van der Waals surface area contributed by atoms with Crippen LogP contribution in [0.5, 0.6) is 5.75 Å². The Morgan fingerprint density at radius 3 is 2.39 bits per heavy atom. The van der Waals surface area contributed by atoms with E-state index in [0.29, 0.717) is 30.0 Å². The molecule has 0 fully saturated rings. The first kappa shape index (κ1) is 16.2. The molecule has 0 radical (unpaired) electrons. The van der Waals surface area contributed by atoms with Gasteiger partial charge < -0.3 is 10.5 Å². The highest BCUT2D eigenvalue weighted by atomic mass is 16.6. The number of hydrogen-bond acceptors (Lipinski definition) is 5. The van der Waals surface area contributed by atoms with Crippen molar-refractivity contribution in [3.05, 3.63) is 69.8 Å². The molecule has 0 saturated carbocycles. The number of hydrogen-bond donors (Lipinski definition) is 1. The summed E-state index contributed by atoms with van der Waals surface area (Å²) < 4.78 is 5.39. The van der Waals surface area contributed by atoms with Crippen LogP contribution >= 0.6 is 0 Å². The minimum atomic E-state index is -0.473. The Morgan fingerprint density at radius 2 is 1.87 bits per heavy atom. The summed E-state index contributed by atoms with van der Waals surface area (Å²) in [5, 5.41) is 20.0. The van der Waals surface area contributed by atoms with E-state index < -0.39 is 4.92 Å². The fourth-order valence-electron chi connectivity index (χ4n) is 1.95. The molecule has 0 aliphatic carbocycles. The van der Waals surface area contributed by atoms with Gasteiger partial charge in [-0.15, -0.1) is 0 Å². The van der Waals surface area contributed by atoms with Gasteiger partial charge in [0.2, 0.25) is 0 Å². The maximum absolute atomic E-state index is 10.7. The molecule has 6 nitrogen and oxygen atoms in total. The fraction of sp³-hybridized carbons (Fsp3) is 0.118. The zero-order valence-corrected chi connectivity index (χ0v) is 12.3. The summed E-state index contributed by atoms with van der Waals surface area (Å²) in [6.07, 6.45) is 1.72. The van der Waals surface area contributed by atoms with Crippen molar-refractivity contribution >= 4 is 17.3 Å². The largest absolute Gasteiger partial charge is 0.492 e. The van der Waals surface area contributed by atoms with Crippen molar-refractivity contribution in [3.8, 4) is 11.8 Å². The average Bonchev–Trinajstić information content (AvgIpc) is 2.59. The van der Waals surface area contributed by atoms with Crippen molar-refractivity contribution in [2.24, 2.45) is 5.73 Å². The monoisotopic (exact) mass is 309 g/mol.